The number of pyridine rings is 1. The molecule has 0 aliphatic carbocycles. The minimum atomic E-state index is -0.342. The number of esters is 1. The topological polar surface area (TPSA) is 39.2 Å². The minimum absolute atomic E-state index is 0.297. The first-order valence-electron chi connectivity index (χ1n) is 4.10. The summed E-state index contributed by atoms with van der Waals surface area (Å²) in [6, 6.07) is 3.52. The van der Waals surface area contributed by atoms with Crippen LogP contribution in [-0.4, -0.2) is 28.6 Å². The second-order valence-corrected chi connectivity index (χ2v) is 5.11. The Kier molecular flexibility index (Phi) is 5.42. The van der Waals surface area contributed by atoms with E-state index in [2.05, 4.69) is 25.7 Å². The molecule has 3 nitrogen and oxygen atoms in total. The lowest BCUT2D eigenvalue weighted by Gasteiger charge is -2.07. The van der Waals surface area contributed by atoms with Crippen LogP contribution in [0.25, 0.3) is 0 Å². The van der Waals surface area contributed by atoms with Crippen LogP contribution in [0, 0.1) is 0 Å². The Morgan fingerprint density at radius 1 is 1.80 bits per heavy atom. The van der Waals surface area contributed by atoms with Crippen molar-refractivity contribution in [2.45, 2.75) is 9.85 Å². The van der Waals surface area contributed by atoms with Gasteiger partial charge in [-0.05, 0) is 12.1 Å². The molecular formula is C9H9BrClNO2S. The lowest BCUT2D eigenvalue weighted by Crippen LogP contribution is -2.17. The molecule has 0 radical (unpaired) electrons. The number of aromatic nitrogens is 1. The minimum Gasteiger partial charge on any atom is -0.468 e. The number of halogens is 2. The van der Waals surface area contributed by atoms with Gasteiger partial charge in [0.05, 0.1) is 12.1 Å². The van der Waals surface area contributed by atoms with Gasteiger partial charge in [0.2, 0.25) is 0 Å². The molecule has 0 saturated carbocycles. The number of nitrogens with zero attached hydrogens (tertiary/aromatic N) is 1. The van der Waals surface area contributed by atoms with Crippen molar-refractivity contribution in [2.75, 3.05) is 12.9 Å². The molecule has 0 saturated heterocycles. The number of rotatable bonds is 4. The molecule has 0 spiro atoms. The summed E-state index contributed by atoms with van der Waals surface area (Å²) in [6.07, 6.45) is 1.66. The van der Waals surface area contributed by atoms with Crippen LogP contribution in [0.4, 0.5) is 0 Å². The summed E-state index contributed by atoms with van der Waals surface area (Å²) in [5, 5.41) is 1.31. The number of hydrogen-bond donors (Lipinski definition) is 0. The fourth-order valence-corrected chi connectivity index (χ4v) is 2.48. The summed E-state index contributed by atoms with van der Waals surface area (Å²) in [6.45, 7) is 0. The van der Waals surface area contributed by atoms with Gasteiger partial charge < -0.3 is 4.74 Å². The van der Waals surface area contributed by atoms with E-state index in [1.165, 1.54) is 18.9 Å². The van der Waals surface area contributed by atoms with Crippen LogP contribution in [0.5, 0.6) is 0 Å². The van der Waals surface area contributed by atoms with E-state index in [9.17, 15) is 4.79 Å². The number of carbonyl (C=O) groups is 1. The second kappa shape index (κ2) is 6.35. The van der Waals surface area contributed by atoms with E-state index < -0.39 is 0 Å². The van der Waals surface area contributed by atoms with E-state index in [0.29, 0.717) is 15.8 Å². The van der Waals surface area contributed by atoms with E-state index in [1.807, 2.05) is 0 Å². The Labute approximate surface area is 106 Å². The van der Waals surface area contributed by atoms with E-state index in [1.54, 1.807) is 18.3 Å². The Bertz CT molecular complexity index is 351. The quantitative estimate of drug-likeness (QED) is 0.487. The van der Waals surface area contributed by atoms with Crippen molar-refractivity contribution >= 4 is 45.3 Å². The third-order valence-corrected chi connectivity index (χ3v) is 4.19. The van der Waals surface area contributed by atoms with Crippen molar-refractivity contribution in [3.8, 4) is 0 Å². The third-order valence-electron chi connectivity index (χ3n) is 1.55. The average molecular weight is 311 g/mol. The zero-order chi connectivity index (χ0) is 11.3. The maximum Gasteiger partial charge on any atom is 0.320 e. The molecule has 1 heterocycles. The number of thioether (sulfide) groups is 1. The van der Waals surface area contributed by atoms with Gasteiger partial charge in [0.15, 0.2) is 0 Å². The molecule has 1 rings (SSSR count). The van der Waals surface area contributed by atoms with Crippen LogP contribution in [0.3, 0.4) is 0 Å². The van der Waals surface area contributed by atoms with Crippen molar-refractivity contribution < 1.29 is 9.53 Å². The van der Waals surface area contributed by atoms with Gasteiger partial charge in [-0.3, -0.25) is 4.79 Å². The van der Waals surface area contributed by atoms with Gasteiger partial charge >= 0.3 is 5.97 Å². The Morgan fingerprint density at radius 3 is 3.13 bits per heavy atom. The van der Waals surface area contributed by atoms with Gasteiger partial charge in [0, 0.05) is 11.9 Å². The number of hydrogen-bond acceptors (Lipinski definition) is 4. The summed E-state index contributed by atoms with van der Waals surface area (Å²) in [5.41, 5.74) is 0. The summed E-state index contributed by atoms with van der Waals surface area (Å²) >= 11 is 10.5. The summed E-state index contributed by atoms with van der Waals surface area (Å²) < 4.78 is 4.58. The van der Waals surface area contributed by atoms with Crippen LogP contribution >= 0.6 is 39.3 Å². The van der Waals surface area contributed by atoms with Crippen molar-refractivity contribution in [1.29, 1.82) is 0 Å². The van der Waals surface area contributed by atoms with E-state index in [0.717, 1.165) is 0 Å². The zero-order valence-electron chi connectivity index (χ0n) is 7.94. The highest BCUT2D eigenvalue weighted by molar-refractivity contribution is 9.10. The van der Waals surface area contributed by atoms with Crippen LogP contribution in [-0.2, 0) is 9.53 Å². The highest BCUT2D eigenvalue weighted by Gasteiger charge is 2.16. The van der Waals surface area contributed by atoms with Crippen molar-refractivity contribution in [3.63, 3.8) is 0 Å². The fourth-order valence-electron chi connectivity index (χ4n) is 0.825. The molecule has 0 aliphatic rings. The molecule has 1 unspecified atom stereocenters. The van der Waals surface area contributed by atoms with Gasteiger partial charge in [0.25, 0.3) is 0 Å². The molecule has 15 heavy (non-hydrogen) atoms. The van der Waals surface area contributed by atoms with Gasteiger partial charge in [-0.1, -0.05) is 27.5 Å². The molecule has 1 aromatic rings. The summed E-state index contributed by atoms with van der Waals surface area (Å²) in [4.78, 5) is 14.8. The molecule has 0 aromatic carbocycles. The largest absolute Gasteiger partial charge is 0.468 e. The smallest absolute Gasteiger partial charge is 0.320 e. The Balaban J connectivity index is 2.50. The maximum atomic E-state index is 11.1. The molecule has 1 atom stereocenters. The monoisotopic (exact) mass is 309 g/mol. The predicted molar refractivity (Wildman–Crippen MR) is 64.7 cm³/mol. The van der Waals surface area contributed by atoms with Crippen LogP contribution < -0.4 is 0 Å². The number of ether oxygens (including phenoxy) is 1. The number of alkyl halides is 1. The zero-order valence-corrected chi connectivity index (χ0v) is 11.1. The maximum absolute atomic E-state index is 11.1. The summed E-state index contributed by atoms with van der Waals surface area (Å²) in [5.74, 6) is 0.234. The van der Waals surface area contributed by atoms with Crippen molar-refractivity contribution in [2.24, 2.45) is 0 Å². The first kappa shape index (κ1) is 12.8. The Hall–Kier alpha value is -0.260. The lowest BCUT2D eigenvalue weighted by atomic mass is 10.5. The molecule has 0 bridgehead atoms. The average Bonchev–Trinajstić information content (AvgIpc) is 2.26. The molecule has 0 aliphatic heterocycles. The van der Waals surface area contributed by atoms with Crippen LogP contribution in [0.1, 0.15) is 0 Å². The molecular weight excluding hydrogens is 302 g/mol. The first-order chi connectivity index (χ1) is 7.15. The third kappa shape index (κ3) is 4.01. The van der Waals surface area contributed by atoms with Gasteiger partial charge in [-0.2, -0.15) is 0 Å². The van der Waals surface area contributed by atoms with Gasteiger partial charge in [0.1, 0.15) is 9.85 Å². The SMILES string of the molecule is COC(=O)C(Br)CSc1ncccc1Cl. The lowest BCUT2D eigenvalue weighted by molar-refractivity contribution is -0.139. The standard InChI is InChI=1S/C9H9BrClNO2S/c1-14-9(13)6(10)5-15-8-7(11)3-2-4-12-8/h2-4,6H,5H2,1H3. The van der Waals surface area contributed by atoms with Crippen molar-refractivity contribution in [1.82, 2.24) is 4.98 Å². The normalized spacial score (nSPS) is 12.2. The van der Waals surface area contributed by atoms with Crippen molar-refractivity contribution in [3.05, 3.63) is 23.4 Å². The van der Waals surface area contributed by atoms with Crippen LogP contribution in [0.2, 0.25) is 5.02 Å². The molecule has 82 valence electrons. The first-order valence-corrected chi connectivity index (χ1v) is 6.38. The second-order valence-electron chi connectivity index (χ2n) is 2.59. The van der Waals surface area contributed by atoms with E-state index >= 15 is 0 Å². The number of methoxy groups -OCH3 is 1. The fraction of sp³-hybridized carbons (Fsp3) is 0.333. The molecule has 1 aromatic heterocycles. The van der Waals surface area contributed by atoms with E-state index in [4.69, 9.17) is 11.6 Å². The highest BCUT2D eigenvalue weighted by atomic mass is 79.9. The molecule has 6 heteroatoms. The van der Waals surface area contributed by atoms with Gasteiger partial charge in [-0.25, -0.2) is 4.98 Å². The summed E-state index contributed by atoms with van der Waals surface area (Å²) in [7, 11) is 1.36. The van der Waals surface area contributed by atoms with Crippen LogP contribution in [0.15, 0.2) is 23.4 Å². The molecule has 0 N–H and O–H groups in total. The van der Waals surface area contributed by atoms with Gasteiger partial charge in [-0.15, -0.1) is 11.8 Å². The Morgan fingerprint density at radius 2 is 2.53 bits per heavy atom. The molecule has 0 fully saturated rings. The van der Waals surface area contributed by atoms with E-state index in [-0.39, 0.29) is 10.8 Å². The molecule has 0 amide bonds. The highest BCUT2D eigenvalue weighted by Crippen LogP contribution is 2.26. The predicted octanol–water partition coefficient (Wildman–Crippen LogP) is 2.76. The number of carbonyl (C=O) groups excluding carboxylic acids is 1.